The first-order valence-corrected chi connectivity index (χ1v) is 7.32. The van der Waals surface area contributed by atoms with Crippen LogP contribution < -0.4 is 0 Å². The Morgan fingerprint density at radius 2 is 1.90 bits per heavy atom. The second-order valence-electron chi connectivity index (χ2n) is 6.36. The maximum atomic E-state index is 10.0. The highest BCUT2D eigenvalue weighted by molar-refractivity contribution is 5.58. The Kier molecular flexibility index (Phi) is 4.80. The van der Waals surface area contributed by atoms with E-state index in [0.29, 0.717) is 19.1 Å². The van der Waals surface area contributed by atoms with E-state index >= 15 is 0 Å². The van der Waals surface area contributed by atoms with Gasteiger partial charge in [-0.2, -0.15) is 0 Å². The van der Waals surface area contributed by atoms with Gasteiger partial charge in [0.2, 0.25) is 0 Å². The Bertz CT molecular complexity index is 556. The lowest BCUT2D eigenvalue weighted by molar-refractivity contribution is 0.0195. The van der Waals surface area contributed by atoms with Crippen molar-refractivity contribution in [1.82, 2.24) is 10.1 Å². The summed E-state index contributed by atoms with van der Waals surface area (Å²) < 4.78 is 5.44. The van der Waals surface area contributed by atoms with Crippen molar-refractivity contribution in [2.24, 2.45) is 0 Å². The smallest absolute Gasteiger partial charge is 0.151 e. The van der Waals surface area contributed by atoms with E-state index < -0.39 is 5.60 Å². The van der Waals surface area contributed by atoms with E-state index in [4.69, 9.17) is 4.52 Å². The van der Waals surface area contributed by atoms with Crippen molar-refractivity contribution in [3.05, 3.63) is 42.2 Å². The van der Waals surface area contributed by atoms with Crippen molar-refractivity contribution in [2.75, 3.05) is 6.54 Å². The molecule has 0 unspecified atom stereocenters. The molecule has 4 heteroatoms. The number of hydrogen-bond acceptors (Lipinski definition) is 4. The van der Waals surface area contributed by atoms with Gasteiger partial charge in [-0.25, -0.2) is 0 Å². The molecule has 0 aliphatic heterocycles. The van der Waals surface area contributed by atoms with E-state index in [1.54, 1.807) is 0 Å². The normalized spacial score (nSPS) is 12.3. The van der Waals surface area contributed by atoms with Crippen LogP contribution in [0.25, 0.3) is 11.3 Å². The van der Waals surface area contributed by atoms with Gasteiger partial charge in [-0.1, -0.05) is 35.5 Å². The topological polar surface area (TPSA) is 49.5 Å². The van der Waals surface area contributed by atoms with Crippen LogP contribution in [0.1, 0.15) is 33.5 Å². The first kappa shape index (κ1) is 15.7. The fraction of sp³-hybridized carbons (Fsp3) is 0.471. The average molecular weight is 288 g/mol. The highest BCUT2D eigenvalue weighted by Crippen LogP contribution is 2.20. The van der Waals surface area contributed by atoms with E-state index in [1.807, 2.05) is 50.2 Å². The summed E-state index contributed by atoms with van der Waals surface area (Å²) >= 11 is 0. The largest absolute Gasteiger partial charge is 0.389 e. The molecule has 2 aromatic rings. The van der Waals surface area contributed by atoms with E-state index in [0.717, 1.165) is 17.0 Å². The maximum Gasteiger partial charge on any atom is 0.151 e. The molecule has 0 atom stereocenters. The summed E-state index contributed by atoms with van der Waals surface area (Å²) in [7, 11) is 0. The Hall–Kier alpha value is -1.65. The maximum absolute atomic E-state index is 10.0. The van der Waals surface area contributed by atoms with Crippen LogP contribution in [0.5, 0.6) is 0 Å². The number of hydrogen-bond donors (Lipinski definition) is 1. The zero-order valence-electron chi connectivity index (χ0n) is 13.2. The van der Waals surface area contributed by atoms with Gasteiger partial charge in [-0.15, -0.1) is 0 Å². The molecular formula is C17H24N2O2. The third-order valence-electron chi connectivity index (χ3n) is 3.31. The molecule has 2 rings (SSSR count). The van der Waals surface area contributed by atoms with Crippen LogP contribution >= 0.6 is 0 Å². The molecule has 0 radical (unpaired) electrons. The Balaban J connectivity index is 2.10. The average Bonchev–Trinajstić information content (AvgIpc) is 2.86. The second kappa shape index (κ2) is 6.41. The van der Waals surface area contributed by atoms with Gasteiger partial charge in [0, 0.05) is 24.2 Å². The lowest BCUT2D eigenvalue weighted by Gasteiger charge is -2.31. The molecule has 114 valence electrons. The van der Waals surface area contributed by atoms with E-state index in [2.05, 4.69) is 23.9 Å². The van der Waals surface area contributed by atoms with Crippen molar-refractivity contribution >= 4 is 0 Å². The van der Waals surface area contributed by atoms with Gasteiger partial charge in [0.05, 0.1) is 12.1 Å². The van der Waals surface area contributed by atoms with Crippen LogP contribution in [-0.4, -0.2) is 33.4 Å². The number of rotatable bonds is 6. The molecule has 1 N–H and O–H groups in total. The van der Waals surface area contributed by atoms with Crippen LogP contribution in [0.3, 0.4) is 0 Å². The summed E-state index contributed by atoms with van der Waals surface area (Å²) in [5.41, 5.74) is 1.16. The Morgan fingerprint density at radius 1 is 1.24 bits per heavy atom. The van der Waals surface area contributed by atoms with Crippen molar-refractivity contribution < 1.29 is 9.63 Å². The summed E-state index contributed by atoms with van der Waals surface area (Å²) in [6.07, 6.45) is 0. The van der Waals surface area contributed by atoms with E-state index in [9.17, 15) is 5.11 Å². The molecule has 0 fully saturated rings. The molecular weight excluding hydrogens is 264 g/mol. The van der Waals surface area contributed by atoms with Crippen LogP contribution in [0.4, 0.5) is 0 Å². The molecule has 0 bridgehead atoms. The fourth-order valence-corrected chi connectivity index (χ4v) is 2.25. The monoisotopic (exact) mass is 288 g/mol. The SMILES string of the molecule is CC(C)N(Cc1cc(-c2ccccc2)no1)CC(C)(C)O. The summed E-state index contributed by atoms with van der Waals surface area (Å²) in [6, 6.07) is 12.3. The van der Waals surface area contributed by atoms with Crippen molar-refractivity contribution in [3.63, 3.8) is 0 Å². The quantitative estimate of drug-likeness (QED) is 0.886. The second-order valence-corrected chi connectivity index (χ2v) is 6.36. The predicted octanol–water partition coefficient (Wildman–Crippen LogP) is 3.32. The molecule has 1 aromatic heterocycles. The van der Waals surface area contributed by atoms with Gasteiger partial charge in [-0.3, -0.25) is 4.90 Å². The summed E-state index contributed by atoms with van der Waals surface area (Å²) in [4.78, 5) is 2.18. The highest BCUT2D eigenvalue weighted by atomic mass is 16.5. The van der Waals surface area contributed by atoms with E-state index in [-0.39, 0.29) is 0 Å². The van der Waals surface area contributed by atoms with Crippen LogP contribution in [0.15, 0.2) is 40.9 Å². The van der Waals surface area contributed by atoms with Gasteiger partial charge in [0.15, 0.2) is 5.76 Å². The van der Waals surface area contributed by atoms with Crippen LogP contribution in [0, 0.1) is 0 Å². The fourth-order valence-electron chi connectivity index (χ4n) is 2.25. The van der Waals surface area contributed by atoms with Gasteiger partial charge in [-0.05, 0) is 27.7 Å². The third kappa shape index (κ3) is 4.69. The number of aromatic nitrogens is 1. The Labute approximate surface area is 126 Å². The van der Waals surface area contributed by atoms with Gasteiger partial charge in [0.1, 0.15) is 5.69 Å². The van der Waals surface area contributed by atoms with Crippen LogP contribution in [0.2, 0.25) is 0 Å². The summed E-state index contributed by atoms with van der Waals surface area (Å²) in [5.74, 6) is 0.812. The van der Waals surface area contributed by atoms with Gasteiger partial charge in [0.25, 0.3) is 0 Å². The molecule has 0 aliphatic rings. The lowest BCUT2D eigenvalue weighted by atomic mass is 10.1. The molecule has 0 spiro atoms. The zero-order chi connectivity index (χ0) is 15.5. The Morgan fingerprint density at radius 3 is 2.48 bits per heavy atom. The molecule has 1 aromatic carbocycles. The third-order valence-corrected chi connectivity index (χ3v) is 3.31. The standard InChI is InChI=1S/C17H24N2O2/c1-13(2)19(12-17(3,4)20)11-15-10-16(18-21-15)14-8-6-5-7-9-14/h5-10,13,20H,11-12H2,1-4H3. The zero-order valence-corrected chi connectivity index (χ0v) is 13.2. The molecule has 21 heavy (non-hydrogen) atoms. The minimum Gasteiger partial charge on any atom is -0.389 e. The molecule has 0 aliphatic carbocycles. The molecule has 0 amide bonds. The van der Waals surface area contributed by atoms with Gasteiger partial charge < -0.3 is 9.63 Å². The summed E-state index contributed by atoms with van der Waals surface area (Å²) in [6.45, 7) is 9.09. The van der Waals surface area contributed by atoms with Gasteiger partial charge >= 0.3 is 0 Å². The summed E-state index contributed by atoms with van der Waals surface area (Å²) in [5, 5.41) is 14.1. The van der Waals surface area contributed by atoms with Crippen LogP contribution in [-0.2, 0) is 6.54 Å². The van der Waals surface area contributed by atoms with E-state index in [1.165, 1.54) is 0 Å². The highest BCUT2D eigenvalue weighted by Gasteiger charge is 2.22. The van der Waals surface area contributed by atoms with Crippen molar-refractivity contribution in [2.45, 2.75) is 45.9 Å². The number of benzene rings is 1. The number of nitrogens with zero attached hydrogens (tertiary/aromatic N) is 2. The van der Waals surface area contributed by atoms with Crippen molar-refractivity contribution in [1.29, 1.82) is 0 Å². The number of aliphatic hydroxyl groups is 1. The predicted molar refractivity (Wildman–Crippen MR) is 83.8 cm³/mol. The molecule has 1 heterocycles. The first-order valence-electron chi connectivity index (χ1n) is 7.32. The first-order chi connectivity index (χ1) is 9.85. The molecule has 4 nitrogen and oxygen atoms in total. The molecule has 0 saturated carbocycles. The van der Waals surface area contributed by atoms with Crippen molar-refractivity contribution in [3.8, 4) is 11.3 Å². The lowest BCUT2D eigenvalue weighted by Crippen LogP contribution is -2.41. The minimum absolute atomic E-state index is 0.321. The molecule has 0 saturated heterocycles. The minimum atomic E-state index is -0.730.